The second kappa shape index (κ2) is 9.19. The molecule has 0 aliphatic heterocycles. The molecule has 8 nitrogen and oxygen atoms in total. The molecule has 31 heavy (non-hydrogen) atoms. The van der Waals surface area contributed by atoms with Gasteiger partial charge in [-0.25, -0.2) is 4.79 Å². The molecule has 10 heteroatoms. The van der Waals surface area contributed by atoms with Crippen LogP contribution in [0.1, 0.15) is 5.69 Å². The number of hydrogen-bond acceptors (Lipinski definition) is 8. The number of rotatable bonds is 7. The fourth-order valence-electron chi connectivity index (χ4n) is 2.73. The monoisotopic (exact) mass is 453 g/mol. The quantitative estimate of drug-likeness (QED) is 0.426. The number of hydrogen-bond donors (Lipinski definition) is 1. The molecule has 0 aliphatic rings. The molecule has 0 spiro atoms. The fourth-order valence-corrected chi connectivity index (χ4v) is 4.52. The van der Waals surface area contributed by atoms with Gasteiger partial charge in [-0.15, -0.1) is 10.2 Å². The Kier molecular flexibility index (Phi) is 6.19. The van der Waals surface area contributed by atoms with E-state index in [0.717, 1.165) is 26.1 Å². The zero-order valence-corrected chi connectivity index (χ0v) is 18.4. The lowest BCUT2D eigenvalue weighted by Gasteiger charge is -2.07. The van der Waals surface area contributed by atoms with Crippen molar-refractivity contribution in [1.29, 1.82) is 0 Å². The molecule has 2 aromatic heterocycles. The van der Waals surface area contributed by atoms with Crippen LogP contribution in [0.2, 0.25) is 0 Å². The maximum atomic E-state index is 12.0. The Morgan fingerprint density at radius 2 is 1.68 bits per heavy atom. The van der Waals surface area contributed by atoms with Crippen molar-refractivity contribution < 1.29 is 4.74 Å². The third-order valence-corrected chi connectivity index (χ3v) is 6.47. The van der Waals surface area contributed by atoms with Gasteiger partial charge in [0.2, 0.25) is 5.13 Å². The highest BCUT2D eigenvalue weighted by molar-refractivity contribution is 8.00. The molecule has 4 rings (SSSR count). The average molecular weight is 454 g/mol. The second-order valence-electron chi connectivity index (χ2n) is 6.60. The molecule has 2 aromatic carbocycles. The highest BCUT2D eigenvalue weighted by atomic mass is 32.2. The van der Waals surface area contributed by atoms with E-state index in [2.05, 4.69) is 15.5 Å². The second-order valence-corrected chi connectivity index (χ2v) is 8.80. The molecule has 0 aliphatic carbocycles. The van der Waals surface area contributed by atoms with Gasteiger partial charge in [-0.3, -0.25) is 13.9 Å². The van der Waals surface area contributed by atoms with Gasteiger partial charge >= 0.3 is 5.69 Å². The predicted molar refractivity (Wildman–Crippen MR) is 123 cm³/mol. The third-order valence-electron chi connectivity index (χ3n) is 4.46. The van der Waals surface area contributed by atoms with Crippen molar-refractivity contribution in [3.05, 3.63) is 87.2 Å². The van der Waals surface area contributed by atoms with Crippen molar-refractivity contribution in [1.82, 2.24) is 19.3 Å². The summed E-state index contributed by atoms with van der Waals surface area (Å²) < 4.78 is 9.07. The average Bonchev–Trinajstić information content (AvgIpc) is 3.23. The van der Waals surface area contributed by atoms with E-state index in [9.17, 15) is 9.59 Å². The summed E-state index contributed by atoms with van der Waals surface area (Å²) in [6.07, 6.45) is 0. The predicted octanol–water partition coefficient (Wildman–Crippen LogP) is 3.76. The first-order valence-electron chi connectivity index (χ1n) is 9.32. The van der Waals surface area contributed by atoms with Gasteiger partial charge in [0.1, 0.15) is 11.5 Å². The molecule has 0 radical (unpaired) electrons. The van der Waals surface area contributed by atoms with Crippen LogP contribution in [0.5, 0.6) is 11.5 Å². The molecule has 0 fully saturated rings. The maximum Gasteiger partial charge on any atom is 0.330 e. The number of thioether (sulfide) groups is 1. The van der Waals surface area contributed by atoms with Crippen molar-refractivity contribution in [3.8, 4) is 11.5 Å². The first kappa shape index (κ1) is 20.9. The molecular formula is C21H19N5O3S2. The summed E-state index contributed by atoms with van der Waals surface area (Å²) >= 11 is 2.82. The van der Waals surface area contributed by atoms with Crippen LogP contribution in [0.3, 0.4) is 0 Å². The summed E-state index contributed by atoms with van der Waals surface area (Å²) in [5, 5.41) is 12.2. The lowest BCUT2D eigenvalue weighted by Crippen LogP contribution is -2.37. The van der Waals surface area contributed by atoms with Crippen LogP contribution in [0.25, 0.3) is 0 Å². The van der Waals surface area contributed by atoms with E-state index < -0.39 is 0 Å². The minimum absolute atomic E-state index is 0.321. The minimum Gasteiger partial charge on any atom is -0.457 e. The van der Waals surface area contributed by atoms with Gasteiger partial charge in [-0.2, -0.15) is 0 Å². The van der Waals surface area contributed by atoms with Crippen LogP contribution in [-0.2, 0) is 19.8 Å². The summed E-state index contributed by atoms with van der Waals surface area (Å²) in [5.74, 6) is 1.97. The molecule has 1 N–H and O–H groups in total. The minimum atomic E-state index is -0.345. The first-order chi connectivity index (χ1) is 15.0. The standard InChI is InChI=1S/C21H19N5O3S2/c1-25-15(12-18(27)26(2)21(25)28)13-30-20-24-23-19(31-20)22-14-8-10-17(11-9-14)29-16-6-4-3-5-7-16/h3-12H,13H2,1-2H3,(H,22,23). The lowest BCUT2D eigenvalue weighted by atomic mass is 10.3. The number of ether oxygens (including phenoxy) is 1. The largest absolute Gasteiger partial charge is 0.457 e. The van der Waals surface area contributed by atoms with Crippen LogP contribution in [-0.4, -0.2) is 19.3 Å². The van der Waals surface area contributed by atoms with E-state index in [1.54, 1.807) is 7.05 Å². The topological polar surface area (TPSA) is 91.0 Å². The molecule has 4 aromatic rings. The van der Waals surface area contributed by atoms with E-state index in [4.69, 9.17) is 4.74 Å². The van der Waals surface area contributed by atoms with Crippen molar-refractivity contribution in [2.75, 3.05) is 5.32 Å². The molecule has 0 atom stereocenters. The molecule has 158 valence electrons. The molecule has 0 saturated heterocycles. The lowest BCUT2D eigenvalue weighted by molar-refractivity contribution is 0.483. The van der Waals surface area contributed by atoms with Gasteiger partial charge in [-0.05, 0) is 36.4 Å². The number of nitrogens with one attached hydrogen (secondary N) is 1. The van der Waals surface area contributed by atoms with Gasteiger partial charge in [0.15, 0.2) is 4.34 Å². The van der Waals surface area contributed by atoms with Gasteiger partial charge in [-0.1, -0.05) is 41.3 Å². The normalized spacial score (nSPS) is 10.8. The van der Waals surface area contributed by atoms with Gasteiger partial charge < -0.3 is 10.1 Å². The van der Waals surface area contributed by atoms with Crippen molar-refractivity contribution in [2.24, 2.45) is 14.1 Å². The Morgan fingerprint density at radius 3 is 2.42 bits per heavy atom. The highest BCUT2D eigenvalue weighted by Crippen LogP contribution is 2.30. The molecule has 0 unspecified atom stereocenters. The van der Waals surface area contributed by atoms with Crippen LogP contribution in [0.15, 0.2) is 74.6 Å². The van der Waals surface area contributed by atoms with E-state index in [1.165, 1.54) is 40.8 Å². The SMILES string of the molecule is Cn1c(CSc2nnc(Nc3ccc(Oc4ccccc4)cc3)s2)cc(=O)n(C)c1=O. The van der Waals surface area contributed by atoms with E-state index >= 15 is 0 Å². The Balaban J connectivity index is 1.37. The van der Waals surface area contributed by atoms with Crippen LogP contribution >= 0.6 is 23.1 Å². The third kappa shape index (κ3) is 5.04. The van der Waals surface area contributed by atoms with Gasteiger partial charge in [0.05, 0.1) is 0 Å². The van der Waals surface area contributed by atoms with Crippen molar-refractivity contribution in [2.45, 2.75) is 10.1 Å². The highest BCUT2D eigenvalue weighted by Gasteiger charge is 2.10. The number of anilines is 2. The van der Waals surface area contributed by atoms with Crippen LogP contribution in [0.4, 0.5) is 10.8 Å². The van der Waals surface area contributed by atoms with Crippen molar-refractivity contribution in [3.63, 3.8) is 0 Å². The number of aromatic nitrogens is 4. The Morgan fingerprint density at radius 1 is 0.968 bits per heavy atom. The maximum absolute atomic E-state index is 12.0. The van der Waals surface area contributed by atoms with E-state index in [0.29, 0.717) is 16.6 Å². The fraction of sp³-hybridized carbons (Fsp3) is 0.143. The summed E-state index contributed by atoms with van der Waals surface area (Å²) in [7, 11) is 3.11. The summed E-state index contributed by atoms with van der Waals surface area (Å²) in [4.78, 5) is 23.9. The molecule has 0 saturated carbocycles. The zero-order chi connectivity index (χ0) is 21.8. The number of benzene rings is 2. The smallest absolute Gasteiger partial charge is 0.330 e. The van der Waals surface area contributed by atoms with Crippen LogP contribution in [0, 0.1) is 0 Å². The van der Waals surface area contributed by atoms with E-state index in [1.807, 2.05) is 54.6 Å². The Bertz CT molecular complexity index is 1300. The summed E-state index contributed by atoms with van der Waals surface area (Å²) in [5.41, 5.74) is 0.833. The molecule has 0 amide bonds. The Labute approximate surface area is 186 Å². The van der Waals surface area contributed by atoms with Gasteiger partial charge in [0, 0.05) is 37.3 Å². The molecule has 0 bridgehead atoms. The number of para-hydroxylation sites is 1. The molecular weight excluding hydrogens is 434 g/mol. The summed E-state index contributed by atoms with van der Waals surface area (Å²) in [6, 6.07) is 18.6. The number of nitrogens with zero attached hydrogens (tertiary/aromatic N) is 4. The van der Waals surface area contributed by atoms with Gasteiger partial charge in [0.25, 0.3) is 5.56 Å². The Hall–Kier alpha value is -3.37. The summed E-state index contributed by atoms with van der Waals surface area (Å²) in [6.45, 7) is 0. The van der Waals surface area contributed by atoms with Crippen molar-refractivity contribution >= 4 is 33.9 Å². The van der Waals surface area contributed by atoms with E-state index in [-0.39, 0.29) is 11.2 Å². The zero-order valence-electron chi connectivity index (χ0n) is 16.8. The molecule has 2 heterocycles. The first-order valence-corrected chi connectivity index (χ1v) is 11.1. The van der Waals surface area contributed by atoms with Crippen LogP contribution < -0.4 is 21.3 Å².